The Balaban J connectivity index is 1.79. The minimum absolute atomic E-state index is 0.00857. The Hall–Kier alpha value is -2.66. The average molecular weight is 404 g/mol. The van der Waals surface area contributed by atoms with Gasteiger partial charge in [0.1, 0.15) is 17.4 Å². The van der Waals surface area contributed by atoms with Crippen molar-refractivity contribution in [3.63, 3.8) is 0 Å². The number of hydrogen-bond acceptors (Lipinski definition) is 3. The molecular weight excluding hydrogens is 392 g/mol. The lowest BCUT2D eigenvalue weighted by Gasteiger charge is -2.15. The number of thiocarbonyl (C=S) groups is 2. The van der Waals surface area contributed by atoms with Crippen molar-refractivity contribution in [2.24, 2.45) is 0 Å². The molecule has 0 amide bonds. The Morgan fingerprint density at radius 2 is 1.50 bits per heavy atom. The van der Waals surface area contributed by atoms with Gasteiger partial charge < -0.3 is 15.4 Å². The fourth-order valence-corrected chi connectivity index (χ4v) is 2.07. The van der Waals surface area contributed by atoms with E-state index in [0.717, 1.165) is 6.07 Å². The van der Waals surface area contributed by atoms with Gasteiger partial charge in [-0.05, 0) is 60.8 Å². The summed E-state index contributed by atoms with van der Waals surface area (Å²) in [4.78, 5) is 0. The van der Waals surface area contributed by atoms with Crippen molar-refractivity contribution < 1.29 is 22.3 Å². The van der Waals surface area contributed by atoms with Crippen LogP contribution < -0.4 is 26.2 Å². The number of nitrogens with one attached hydrogen (secondary N) is 4. The van der Waals surface area contributed by atoms with Crippen molar-refractivity contribution in [2.75, 3.05) is 10.6 Å². The molecule has 138 valence electrons. The molecular formula is C15H12F4N4OS2. The third-order valence-corrected chi connectivity index (χ3v) is 3.21. The number of hydrogen-bond donors (Lipinski definition) is 4. The largest absolute Gasteiger partial charge is 0.435 e. The summed E-state index contributed by atoms with van der Waals surface area (Å²) in [5, 5.41) is 5.38. The Bertz CT molecular complexity index is 790. The molecule has 0 fully saturated rings. The summed E-state index contributed by atoms with van der Waals surface area (Å²) in [6.07, 6.45) is 0. The highest BCUT2D eigenvalue weighted by molar-refractivity contribution is 7.81. The van der Waals surface area contributed by atoms with Crippen molar-refractivity contribution in [3.05, 3.63) is 54.1 Å². The minimum Gasteiger partial charge on any atom is -0.435 e. The zero-order valence-corrected chi connectivity index (χ0v) is 14.5. The second-order valence-electron chi connectivity index (χ2n) is 4.69. The van der Waals surface area contributed by atoms with Crippen LogP contribution in [0.25, 0.3) is 0 Å². The Kier molecular flexibility index (Phi) is 6.92. The molecule has 0 spiro atoms. The number of anilines is 2. The first-order chi connectivity index (χ1) is 12.3. The van der Waals surface area contributed by atoms with Crippen LogP contribution in [0, 0.1) is 11.6 Å². The third kappa shape index (κ3) is 6.33. The lowest BCUT2D eigenvalue weighted by molar-refractivity contribution is -0.0498. The quantitative estimate of drug-likeness (QED) is 0.352. The van der Waals surface area contributed by atoms with Gasteiger partial charge in [0.05, 0.1) is 5.69 Å². The Morgan fingerprint density at radius 1 is 0.885 bits per heavy atom. The van der Waals surface area contributed by atoms with Gasteiger partial charge in [-0.15, -0.1) is 0 Å². The fraction of sp³-hybridized carbons (Fsp3) is 0.0667. The SMILES string of the molecule is Fc1ccc(NC(=S)NNC(=S)Nc2ccc(OC(F)F)cc2)c(F)c1. The van der Waals surface area contributed by atoms with Crippen molar-refractivity contribution in [2.45, 2.75) is 6.61 Å². The van der Waals surface area contributed by atoms with Crippen LogP contribution in [-0.2, 0) is 0 Å². The summed E-state index contributed by atoms with van der Waals surface area (Å²) in [6.45, 7) is -2.90. The van der Waals surface area contributed by atoms with Gasteiger partial charge in [0.2, 0.25) is 0 Å². The molecule has 2 rings (SSSR count). The van der Waals surface area contributed by atoms with Gasteiger partial charge in [-0.3, -0.25) is 10.9 Å². The van der Waals surface area contributed by atoms with Gasteiger partial charge >= 0.3 is 6.61 Å². The topological polar surface area (TPSA) is 57.3 Å². The molecule has 0 aromatic heterocycles. The molecule has 0 saturated carbocycles. The summed E-state index contributed by atoms with van der Waals surface area (Å²) in [5.41, 5.74) is 5.55. The number of rotatable bonds is 4. The van der Waals surface area contributed by atoms with Gasteiger partial charge in [-0.25, -0.2) is 8.78 Å². The van der Waals surface area contributed by atoms with E-state index < -0.39 is 18.2 Å². The molecule has 11 heteroatoms. The van der Waals surface area contributed by atoms with Crippen LogP contribution in [0.4, 0.5) is 28.9 Å². The van der Waals surface area contributed by atoms with Crippen LogP contribution in [0.5, 0.6) is 5.75 Å². The van der Waals surface area contributed by atoms with E-state index in [1.807, 2.05) is 0 Å². The van der Waals surface area contributed by atoms with Gasteiger partial charge in [0, 0.05) is 11.8 Å². The molecule has 5 nitrogen and oxygen atoms in total. The first-order valence-electron chi connectivity index (χ1n) is 6.97. The van der Waals surface area contributed by atoms with Crippen molar-refractivity contribution in [1.82, 2.24) is 10.9 Å². The highest BCUT2D eigenvalue weighted by Gasteiger charge is 2.07. The van der Waals surface area contributed by atoms with Gasteiger partial charge in [-0.2, -0.15) is 8.78 Å². The maximum absolute atomic E-state index is 13.5. The molecule has 0 aliphatic heterocycles. The number of benzene rings is 2. The first-order valence-corrected chi connectivity index (χ1v) is 7.79. The molecule has 0 unspecified atom stereocenters. The second kappa shape index (κ2) is 9.15. The first kappa shape index (κ1) is 19.7. The van der Waals surface area contributed by atoms with Crippen molar-refractivity contribution >= 4 is 46.0 Å². The molecule has 0 atom stereocenters. The lowest BCUT2D eigenvalue weighted by atomic mass is 10.3. The monoisotopic (exact) mass is 404 g/mol. The summed E-state index contributed by atoms with van der Waals surface area (Å²) in [7, 11) is 0. The molecule has 0 radical (unpaired) electrons. The number of hydrazine groups is 1. The third-order valence-electron chi connectivity index (χ3n) is 2.81. The molecule has 26 heavy (non-hydrogen) atoms. The standard InChI is InChI=1S/C15H12F4N4OS2/c16-8-1-6-12(11(17)7-8)21-15(26)23-22-14(25)20-9-2-4-10(5-3-9)24-13(18)19/h1-7,13H,(H2,20,22,25)(H2,21,23,26). The van der Waals surface area contributed by atoms with E-state index in [9.17, 15) is 17.6 Å². The summed E-state index contributed by atoms with van der Waals surface area (Å²) in [6, 6.07) is 8.63. The zero-order chi connectivity index (χ0) is 19.1. The highest BCUT2D eigenvalue weighted by Crippen LogP contribution is 2.17. The van der Waals surface area contributed by atoms with Crippen LogP contribution in [0.3, 0.4) is 0 Å². The van der Waals surface area contributed by atoms with Crippen LogP contribution >= 0.6 is 24.4 Å². The maximum Gasteiger partial charge on any atom is 0.387 e. The van der Waals surface area contributed by atoms with E-state index in [-0.39, 0.29) is 21.7 Å². The Labute approximate surface area is 156 Å². The van der Waals surface area contributed by atoms with Gasteiger partial charge in [-0.1, -0.05) is 0 Å². The van der Waals surface area contributed by atoms with E-state index in [1.54, 1.807) is 0 Å². The molecule has 4 N–H and O–H groups in total. The predicted octanol–water partition coefficient (Wildman–Crippen LogP) is 3.75. The summed E-state index contributed by atoms with van der Waals surface area (Å²) in [5.74, 6) is -1.50. The van der Waals surface area contributed by atoms with Gasteiger partial charge in [0.25, 0.3) is 0 Å². The van der Waals surface area contributed by atoms with Gasteiger partial charge in [0.15, 0.2) is 10.2 Å². The van der Waals surface area contributed by atoms with Crippen LogP contribution in [-0.4, -0.2) is 16.8 Å². The lowest BCUT2D eigenvalue weighted by Crippen LogP contribution is -2.45. The van der Waals surface area contributed by atoms with Crippen molar-refractivity contribution in [1.29, 1.82) is 0 Å². The summed E-state index contributed by atoms with van der Waals surface area (Å²) < 4.78 is 54.7. The van der Waals surface area contributed by atoms with E-state index in [0.29, 0.717) is 11.8 Å². The van der Waals surface area contributed by atoms with E-state index in [1.165, 1.54) is 30.3 Å². The highest BCUT2D eigenvalue weighted by atomic mass is 32.1. The molecule has 0 bridgehead atoms. The number of halogens is 4. The van der Waals surface area contributed by atoms with Crippen LogP contribution in [0.2, 0.25) is 0 Å². The maximum atomic E-state index is 13.5. The molecule has 2 aromatic rings. The predicted molar refractivity (Wildman–Crippen MR) is 98.1 cm³/mol. The molecule has 0 aliphatic carbocycles. The number of ether oxygens (including phenoxy) is 1. The van der Waals surface area contributed by atoms with Crippen LogP contribution in [0.15, 0.2) is 42.5 Å². The molecule has 2 aromatic carbocycles. The average Bonchev–Trinajstić information content (AvgIpc) is 2.57. The van der Waals surface area contributed by atoms with Crippen LogP contribution in [0.1, 0.15) is 0 Å². The second-order valence-corrected chi connectivity index (χ2v) is 5.50. The molecule has 0 aliphatic rings. The minimum atomic E-state index is -2.90. The van der Waals surface area contributed by atoms with E-state index >= 15 is 0 Å². The fourth-order valence-electron chi connectivity index (χ4n) is 1.74. The van der Waals surface area contributed by atoms with Crippen molar-refractivity contribution in [3.8, 4) is 5.75 Å². The zero-order valence-electron chi connectivity index (χ0n) is 12.9. The van der Waals surface area contributed by atoms with E-state index in [2.05, 4.69) is 26.2 Å². The summed E-state index contributed by atoms with van der Waals surface area (Å²) >= 11 is 9.97. The molecule has 0 heterocycles. The number of alkyl halides is 2. The van der Waals surface area contributed by atoms with E-state index in [4.69, 9.17) is 24.4 Å². The normalized spacial score (nSPS) is 10.2. The smallest absolute Gasteiger partial charge is 0.387 e. The Morgan fingerprint density at radius 3 is 2.08 bits per heavy atom. The molecule has 0 saturated heterocycles.